The summed E-state index contributed by atoms with van der Waals surface area (Å²) in [6, 6.07) is 0.303. The van der Waals surface area contributed by atoms with E-state index in [2.05, 4.69) is 36.5 Å². The summed E-state index contributed by atoms with van der Waals surface area (Å²) in [5.74, 6) is 7.18. The number of allylic oxidation sites excluding steroid dienone is 5. The van der Waals surface area contributed by atoms with Gasteiger partial charge in [-0.2, -0.15) is 0 Å². The minimum absolute atomic E-state index is 0.303. The fourth-order valence-corrected chi connectivity index (χ4v) is 9.42. The van der Waals surface area contributed by atoms with Gasteiger partial charge in [-0.1, -0.05) is 49.3 Å². The van der Waals surface area contributed by atoms with Gasteiger partial charge in [-0.05, 0) is 97.7 Å². The van der Waals surface area contributed by atoms with E-state index in [1.807, 2.05) is 0 Å². The zero-order chi connectivity index (χ0) is 17.3. The number of rotatable bonds is 0. The Balaban J connectivity index is 1.55. The van der Waals surface area contributed by atoms with Crippen molar-refractivity contribution in [2.24, 2.45) is 58.5 Å². The van der Waals surface area contributed by atoms with E-state index in [1.165, 1.54) is 57.8 Å². The van der Waals surface area contributed by atoms with Crippen LogP contribution < -0.4 is 5.73 Å². The van der Waals surface area contributed by atoms with Crippen molar-refractivity contribution in [3.63, 3.8) is 0 Å². The summed E-state index contributed by atoms with van der Waals surface area (Å²) in [5.41, 5.74) is 7.11. The highest BCUT2D eigenvalue weighted by molar-refractivity contribution is 5.29. The smallest absolute Gasteiger partial charge is 0.0226 e. The standard InChI is InChI=1S/C25H35N/c26-16-13-14-20-19-9-3-6-12-23(19)25(24(20)15-16)21-10-4-1-7-17(21)18-8-2-5-11-22(18)25/h1,5,7,11,13-14,16-24H,2-4,6,8-10,12,15,26H2. The van der Waals surface area contributed by atoms with E-state index in [1.54, 1.807) is 0 Å². The highest BCUT2D eigenvalue weighted by Crippen LogP contribution is 2.75. The molecule has 140 valence electrons. The number of hydrogen-bond donors (Lipinski definition) is 1. The minimum Gasteiger partial charge on any atom is -0.324 e. The molecular formula is C25H35N. The van der Waals surface area contributed by atoms with Gasteiger partial charge in [0, 0.05) is 6.04 Å². The molecule has 0 amide bonds. The lowest BCUT2D eigenvalue weighted by Crippen LogP contribution is -2.46. The van der Waals surface area contributed by atoms with Crippen molar-refractivity contribution in [2.45, 2.75) is 63.8 Å². The van der Waals surface area contributed by atoms with E-state index in [0.29, 0.717) is 11.5 Å². The van der Waals surface area contributed by atoms with E-state index in [0.717, 1.165) is 47.3 Å². The van der Waals surface area contributed by atoms with Crippen molar-refractivity contribution in [3.8, 4) is 0 Å². The predicted octanol–water partition coefficient (Wildman–Crippen LogP) is 5.49. The highest BCUT2D eigenvalue weighted by Gasteiger charge is 2.70. The van der Waals surface area contributed by atoms with Crippen LogP contribution in [0.1, 0.15) is 57.8 Å². The molecule has 10 unspecified atom stereocenters. The molecule has 10 atom stereocenters. The first-order chi connectivity index (χ1) is 12.8. The van der Waals surface area contributed by atoms with Crippen LogP contribution in [0.25, 0.3) is 0 Å². The zero-order valence-electron chi connectivity index (χ0n) is 16.1. The average molecular weight is 350 g/mol. The molecular weight excluding hydrogens is 314 g/mol. The molecule has 6 aliphatic rings. The molecule has 1 heteroatoms. The van der Waals surface area contributed by atoms with Crippen molar-refractivity contribution in [3.05, 3.63) is 36.5 Å². The first-order valence-electron chi connectivity index (χ1n) is 11.6. The van der Waals surface area contributed by atoms with Crippen molar-refractivity contribution in [2.75, 3.05) is 0 Å². The molecule has 0 aromatic carbocycles. The molecule has 0 radical (unpaired) electrons. The highest BCUT2D eigenvalue weighted by atomic mass is 14.8. The second kappa shape index (κ2) is 5.84. The van der Waals surface area contributed by atoms with Gasteiger partial charge in [0.05, 0.1) is 0 Å². The maximum absolute atomic E-state index is 6.55. The molecule has 0 aromatic heterocycles. The van der Waals surface area contributed by atoms with Gasteiger partial charge in [-0.15, -0.1) is 0 Å². The molecule has 3 fully saturated rings. The van der Waals surface area contributed by atoms with Crippen LogP contribution in [0.3, 0.4) is 0 Å². The number of fused-ring (bicyclic) bond motifs is 10. The fourth-order valence-electron chi connectivity index (χ4n) is 9.42. The number of hydrogen-bond acceptors (Lipinski definition) is 1. The Morgan fingerprint density at radius 2 is 1.50 bits per heavy atom. The van der Waals surface area contributed by atoms with Crippen LogP contribution in [0, 0.1) is 52.8 Å². The van der Waals surface area contributed by atoms with Gasteiger partial charge in [0.25, 0.3) is 0 Å². The minimum atomic E-state index is 0.303. The van der Waals surface area contributed by atoms with Gasteiger partial charge in [0.2, 0.25) is 0 Å². The quantitative estimate of drug-likeness (QED) is 0.575. The molecule has 0 bridgehead atoms. The second-order valence-corrected chi connectivity index (χ2v) is 10.4. The van der Waals surface area contributed by atoms with Crippen LogP contribution in [-0.4, -0.2) is 6.04 Å². The largest absolute Gasteiger partial charge is 0.324 e. The SMILES string of the molecule is NC1C=CC2C3CCCCC3C3(C4C=CCCC4C4C=CCCC43)C2C1. The molecule has 1 spiro atoms. The van der Waals surface area contributed by atoms with E-state index in [4.69, 9.17) is 5.73 Å². The van der Waals surface area contributed by atoms with E-state index >= 15 is 0 Å². The molecule has 0 aliphatic heterocycles. The topological polar surface area (TPSA) is 26.0 Å². The van der Waals surface area contributed by atoms with Crippen LogP contribution >= 0.6 is 0 Å². The maximum Gasteiger partial charge on any atom is 0.0226 e. The zero-order valence-corrected chi connectivity index (χ0v) is 16.1. The molecule has 2 N–H and O–H groups in total. The Hall–Kier alpha value is -0.820. The van der Waals surface area contributed by atoms with Gasteiger partial charge in [-0.25, -0.2) is 0 Å². The normalized spacial score (nSPS) is 56.9. The maximum atomic E-state index is 6.55. The van der Waals surface area contributed by atoms with Crippen LogP contribution in [0.15, 0.2) is 36.5 Å². The molecule has 3 saturated carbocycles. The predicted molar refractivity (Wildman–Crippen MR) is 107 cm³/mol. The monoisotopic (exact) mass is 349 g/mol. The van der Waals surface area contributed by atoms with Gasteiger partial charge >= 0.3 is 0 Å². The Morgan fingerprint density at radius 3 is 2.46 bits per heavy atom. The molecule has 6 aliphatic carbocycles. The van der Waals surface area contributed by atoms with Crippen LogP contribution in [0.5, 0.6) is 0 Å². The molecule has 0 aromatic rings. The average Bonchev–Trinajstić information content (AvgIpc) is 3.15. The lowest BCUT2D eigenvalue weighted by atomic mass is 9.54. The van der Waals surface area contributed by atoms with E-state index in [-0.39, 0.29) is 0 Å². The van der Waals surface area contributed by atoms with Gasteiger partial charge in [0.15, 0.2) is 0 Å². The first kappa shape index (κ1) is 16.2. The van der Waals surface area contributed by atoms with E-state index < -0.39 is 0 Å². The van der Waals surface area contributed by atoms with Crippen molar-refractivity contribution < 1.29 is 0 Å². The number of nitrogens with two attached hydrogens (primary N) is 1. The van der Waals surface area contributed by atoms with Gasteiger partial charge < -0.3 is 5.73 Å². The molecule has 26 heavy (non-hydrogen) atoms. The molecule has 0 saturated heterocycles. The van der Waals surface area contributed by atoms with Crippen LogP contribution in [0.2, 0.25) is 0 Å². The van der Waals surface area contributed by atoms with Gasteiger partial charge in [0.1, 0.15) is 0 Å². The Morgan fingerprint density at radius 1 is 0.692 bits per heavy atom. The van der Waals surface area contributed by atoms with Crippen LogP contribution in [0.4, 0.5) is 0 Å². The first-order valence-corrected chi connectivity index (χ1v) is 11.6. The van der Waals surface area contributed by atoms with Crippen molar-refractivity contribution >= 4 is 0 Å². The summed E-state index contributed by atoms with van der Waals surface area (Å²) in [5, 5.41) is 0. The van der Waals surface area contributed by atoms with Crippen molar-refractivity contribution in [1.82, 2.24) is 0 Å². The third-order valence-corrected chi connectivity index (χ3v) is 9.82. The fraction of sp³-hybridized carbons (Fsp3) is 0.760. The van der Waals surface area contributed by atoms with Crippen LogP contribution in [-0.2, 0) is 0 Å². The summed E-state index contributed by atoms with van der Waals surface area (Å²) in [6.07, 6.45) is 28.2. The van der Waals surface area contributed by atoms with E-state index in [9.17, 15) is 0 Å². The third kappa shape index (κ3) is 1.91. The van der Waals surface area contributed by atoms with Crippen molar-refractivity contribution in [1.29, 1.82) is 0 Å². The molecule has 0 heterocycles. The van der Waals surface area contributed by atoms with Gasteiger partial charge in [-0.3, -0.25) is 0 Å². The summed E-state index contributed by atoms with van der Waals surface area (Å²) < 4.78 is 0. The second-order valence-electron chi connectivity index (χ2n) is 10.4. The summed E-state index contributed by atoms with van der Waals surface area (Å²) in [7, 11) is 0. The molecule has 1 nitrogen and oxygen atoms in total. The Labute approximate surface area is 159 Å². The third-order valence-electron chi connectivity index (χ3n) is 9.82. The Bertz CT molecular complexity index is 659. The Kier molecular flexibility index (Phi) is 3.63. The molecule has 6 rings (SSSR count). The summed E-state index contributed by atoms with van der Waals surface area (Å²) >= 11 is 0. The summed E-state index contributed by atoms with van der Waals surface area (Å²) in [4.78, 5) is 0. The lowest BCUT2D eigenvalue weighted by molar-refractivity contribution is -0.00242. The lowest BCUT2D eigenvalue weighted by Gasteiger charge is -2.50. The summed E-state index contributed by atoms with van der Waals surface area (Å²) in [6.45, 7) is 0.